The molecule has 5 heteroatoms. The normalized spacial score (nSPS) is 10.8. The summed E-state index contributed by atoms with van der Waals surface area (Å²) in [5.41, 5.74) is 4.66. The summed E-state index contributed by atoms with van der Waals surface area (Å²) in [6, 6.07) is 11.9. The molecule has 3 aromatic rings. The first kappa shape index (κ1) is 12.9. The van der Waals surface area contributed by atoms with Gasteiger partial charge in [-0.25, -0.2) is 9.66 Å². The quantitative estimate of drug-likeness (QED) is 0.782. The molecule has 0 aliphatic rings. The van der Waals surface area contributed by atoms with Crippen LogP contribution in [0.4, 0.5) is 0 Å². The van der Waals surface area contributed by atoms with E-state index >= 15 is 0 Å². The number of rotatable bonds is 5. The number of carbonyl (C=O) groups is 1. The molecule has 3 rings (SSSR count). The molecular weight excluding hydrogens is 270 g/mol. The monoisotopic (exact) mass is 285 g/mol. The number of aromatic nitrogens is 2. The van der Waals surface area contributed by atoms with Crippen LogP contribution in [0.1, 0.15) is 17.7 Å². The van der Waals surface area contributed by atoms with Gasteiger partial charge >= 0.3 is 0 Å². The van der Waals surface area contributed by atoms with Gasteiger partial charge in [-0.2, -0.15) is 0 Å². The van der Waals surface area contributed by atoms with E-state index in [2.05, 4.69) is 21.9 Å². The van der Waals surface area contributed by atoms with Crippen molar-refractivity contribution >= 4 is 28.3 Å². The molecule has 0 radical (unpaired) electrons. The fourth-order valence-electron chi connectivity index (χ4n) is 2.12. The van der Waals surface area contributed by atoms with Crippen LogP contribution in [0.25, 0.3) is 11.0 Å². The molecule has 1 amide bonds. The average molecular weight is 285 g/mol. The lowest BCUT2D eigenvalue weighted by atomic mass is 10.2. The number of thiophene rings is 1. The SMILES string of the molecule is O=C(CCCc1cccs1)Nn1cnc2ccccc21. The van der Waals surface area contributed by atoms with Gasteiger partial charge in [0.2, 0.25) is 5.91 Å². The van der Waals surface area contributed by atoms with Crippen molar-refractivity contribution in [1.82, 2.24) is 9.66 Å². The van der Waals surface area contributed by atoms with E-state index < -0.39 is 0 Å². The molecular formula is C15H15N3OS. The highest BCUT2D eigenvalue weighted by atomic mass is 32.1. The largest absolute Gasteiger partial charge is 0.273 e. The Morgan fingerprint density at radius 3 is 3.00 bits per heavy atom. The van der Waals surface area contributed by atoms with Gasteiger partial charge < -0.3 is 0 Å². The number of nitrogens with one attached hydrogen (secondary N) is 1. The first-order valence-corrected chi connectivity index (χ1v) is 7.45. The molecule has 20 heavy (non-hydrogen) atoms. The van der Waals surface area contributed by atoms with E-state index in [0.717, 1.165) is 23.9 Å². The van der Waals surface area contributed by atoms with Crippen molar-refractivity contribution in [2.24, 2.45) is 0 Å². The molecule has 0 spiro atoms. The molecule has 2 heterocycles. The second-order valence-electron chi connectivity index (χ2n) is 4.57. The molecule has 0 saturated heterocycles. The Bertz CT molecular complexity index is 703. The smallest absolute Gasteiger partial charge is 0.238 e. The van der Waals surface area contributed by atoms with Crippen molar-refractivity contribution in [3.8, 4) is 0 Å². The Balaban J connectivity index is 1.56. The number of amides is 1. The summed E-state index contributed by atoms with van der Waals surface area (Å²) in [7, 11) is 0. The van der Waals surface area contributed by atoms with E-state index in [-0.39, 0.29) is 5.91 Å². The number of para-hydroxylation sites is 2. The fourth-order valence-corrected chi connectivity index (χ4v) is 2.87. The summed E-state index contributed by atoms with van der Waals surface area (Å²) in [5.74, 6) is 0.0182. The van der Waals surface area contributed by atoms with Crippen LogP contribution in [0, 0.1) is 0 Å². The Morgan fingerprint density at radius 2 is 2.15 bits per heavy atom. The minimum Gasteiger partial charge on any atom is -0.273 e. The van der Waals surface area contributed by atoms with Crippen LogP contribution < -0.4 is 5.43 Å². The third kappa shape index (κ3) is 2.88. The molecule has 0 bridgehead atoms. The Labute approximate surface area is 121 Å². The van der Waals surface area contributed by atoms with E-state index in [0.29, 0.717) is 6.42 Å². The zero-order valence-corrected chi connectivity index (χ0v) is 11.8. The lowest BCUT2D eigenvalue weighted by Gasteiger charge is -2.06. The molecule has 2 aromatic heterocycles. The van der Waals surface area contributed by atoms with Crippen LogP contribution in [-0.4, -0.2) is 15.6 Å². The third-order valence-electron chi connectivity index (χ3n) is 3.11. The molecule has 0 aliphatic heterocycles. The third-order valence-corrected chi connectivity index (χ3v) is 4.04. The molecule has 0 aliphatic carbocycles. The summed E-state index contributed by atoms with van der Waals surface area (Å²) in [5, 5.41) is 2.06. The van der Waals surface area contributed by atoms with Gasteiger partial charge in [-0.05, 0) is 36.4 Å². The van der Waals surface area contributed by atoms with Crippen molar-refractivity contribution in [1.29, 1.82) is 0 Å². The predicted octanol–water partition coefficient (Wildman–Crippen LogP) is 3.19. The fraction of sp³-hybridized carbons (Fsp3) is 0.200. The molecule has 0 atom stereocenters. The number of carbonyl (C=O) groups excluding carboxylic acids is 1. The van der Waals surface area contributed by atoms with Crippen molar-refractivity contribution in [3.63, 3.8) is 0 Å². The van der Waals surface area contributed by atoms with Crippen molar-refractivity contribution in [2.45, 2.75) is 19.3 Å². The maximum Gasteiger partial charge on any atom is 0.238 e. The highest BCUT2D eigenvalue weighted by molar-refractivity contribution is 7.09. The van der Waals surface area contributed by atoms with Crippen molar-refractivity contribution < 1.29 is 4.79 Å². The maximum absolute atomic E-state index is 11.9. The average Bonchev–Trinajstić information content (AvgIpc) is 3.09. The second kappa shape index (κ2) is 5.88. The summed E-state index contributed by atoms with van der Waals surface area (Å²) in [6.45, 7) is 0. The van der Waals surface area contributed by atoms with E-state index in [4.69, 9.17) is 0 Å². The van der Waals surface area contributed by atoms with Gasteiger partial charge in [0, 0.05) is 11.3 Å². The van der Waals surface area contributed by atoms with Gasteiger partial charge in [-0.1, -0.05) is 18.2 Å². The standard InChI is InChI=1S/C15H15N3OS/c19-15(9-3-5-12-6-4-10-20-12)17-18-11-16-13-7-1-2-8-14(13)18/h1-2,4,6-8,10-11H,3,5,9H2,(H,17,19). The van der Waals surface area contributed by atoms with Crippen LogP contribution in [-0.2, 0) is 11.2 Å². The van der Waals surface area contributed by atoms with Crippen LogP contribution >= 0.6 is 11.3 Å². The summed E-state index contributed by atoms with van der Waals surface area (Å²) < 4.78 is 1.68. The summed E-state index contributed by atoms with van der Waals surface area (Å²) >= 11 is 1.73. The number of hydrogen-bond acceptors (Lipinski definition) is 3. The molecule has 4 nitrogen and oxygen atoms in total. The number of nitrogens with zero attached hydrogens (tertiary/aromatic N) is 2. The molecule has 102 valence electrons. The van der Waals surface area contributed by atoms with Gasteiger partial charge in [-0.3, -0.25) is 10.2 Å². The Kier molecular flexibility index (Phi) is 3.78. The Hall–Kier alpha value is -2.14. The first-order valence-electron chi connectivity index (χ1n) is 6.57. The highest BCUT2D eigenvalue weighted by Crippen LogP contribution is 2.13. The lowest BCUT2D eigenvalue weighted by molar-refractivity contribution is -0.117. The van der Waals surface area contributed by atoms with E-state index in [1.54, 1.807) is 22.3 Å². The number of fused-ring (bicyclic) bond motifs is 1. The van der Waals surface area contributed by atoms with Crippen molar-refractivity contribution in [3.05, 3.63) is 53.0 Å². The van der Waals surface area contributed by atoms with Gasteiger partial charge in [0.05, 0.1) is 11.0 Å². The van der Waals surface area contributed by atoms with Gasteiger partial charge in [-0.15, -0.1) is 11.3 Å². The number of hydrogen-bond donors (Lipinski definition) is 1. The minimum atomic E-state index is 0.0182. The predicted molar refractivity (Wildman–Crippen MR) is 81.4 cm³/mol. The number of imidazole rings is 1. The van der Waals surface area contributed by atoms with E-state index in [1.165, 1.54) is 4.88 Å². The van der Waals surface area contributed by atoms with Crippen LogP contribution in [0.15, 0.2) is 48.1 Å². The summed E-state index contributed by atoms with van der Waals surface area (Å²) in [6.07, 6.45) is 3.97. The topological polar surface area (TPSA) is 46.9 Å². The van der Waals surface area contributed by atoms with Gasteiger partial charge in [0.15, 0.2) is 0 Å². The van der Waals surface area contributed by atoms with Crippen molar-refractivity contribution in [2.75, 3.05) is 5.43 Å². The molecule has 0 unspecified atom stereocenters. The maximum atomic E-state index is 11.9. The number of aryl methyl sites for hydroxylation is 1. The zero-order chi connectivity index (χ0) is 13.8. The molecule has 1 N–H and O–H groups in total. The van der Waals surface area contributed by atoms with Gasteiger partial charge in [0.1, 0.15) is 6.33 Å². The van der Waals surface area contributed by atoms with Crippen LogP contribution in [0.3, 0.4) is 0 Å². The number of benzene rings is 1. The zero-order valence-electron chi connectivity index (χ0n) is 11.0. The van der Waals surface area contributed by atoms with E-state index in [9.17, 15) is 4.79 Å². The summed E-state index contributed by atoms with van der Waals surface area (Å²) in [4.78, 5) is 17.5. The molecule has 1 aromatic carbocycles. The van der Waals surface area contributed by atoms with Crippen LogP contribution in [0.2, 0.25) is 0 Å². The highest BCUT2D eigenvalue weighted by Gasteiger charge is 2.06. The minimum absolute atomic E-state index is 0.0182. The Morgan fingerprint density at radius 1 is 1.25 bits per heavy atom. The molecule has 0 saturated carbocycles. The van der Waals surface area contributed by atoms with Crippen LogP contribution in [0.5, 0.6) is 0 Å². The lowest BCUT2D eigenvalue weighted by Crippen LogP contribution is -2.21. The van der Waals surface area contributed by atoms with E-state index in [1.807, 2.05) is 30.3 Å². The first-order chi connectivity index (χ1) is 9.83. The van der Waals surface area contributed by atoms with Gasteiger partial charge in [0.25, 0.3) is 0 Å². The second-order valence-corrected chi connectivity index (χ2v) is 5.60. The molecule has 0 fully saturated rings.